The summed E-state index contributed by atoms with van der Waals surface area (Å²) in [6.07, 6.45) is 0.128. The number of carbonyl (C=O) groups excluding carboxylic acids is 2. The summed E-state index contributed by atoms with van der Waals surface area (Å²) in [6, 6.07) is 12.0. The van der Waals surface area contributed by atoms with E-state index >= 15 is 0 Å². The largest absolute Gasteiger partial charge is 0.497 e. The summed E-state index contributed by atoms with van der Waals surface area (Å²) in [6.45, 7) is 1.70. The molecule has 0 aliphatic carbocycles. The van der Waals surface area contributed by atoms with E-state index in [-0.39, 0.29) is 24.8 Å². The van der Waals surface area contributed by atoms with E-state index in [1.54, 1.807) is 49.6 Å². The molecule has 2 aromatic rings. The Morgan fingerprint density at radius 1 is 1.08 bits per heavy atom. The lowest BCUT2D eigenvalue weighted by atomic mass is 10.2. The van der Waals surface area contributed by atoms with Crippen molar-refractivity contribution < 1.29 is 19.1 Å². The predicted octanol–water partition coefficient (Wildman–Crippen LogP) is 3.74. The van der Waals surface area contributed by atoms with Gasteiger partial charge in [-0.3, -0.25) is 9.59 Å². The molecule has 0 saturated carbocycles. The molecule has 26 heavy (non-hydrogen) atoms. The number of methoxy groups -OCH3 is 2. The molecule has 6 nitrogen and oxygen atoms in total. The third-order valence-corrected chi connectivity index (χ3v) is 4.01. The van der Waals surface area contributed by atoms with Crippen molar-refractivity contribution in [3.05, 3.63) is 47.5 Å². The number of nitrogens with one attached hydrogen (secondary N) is 1. The van der Waals surface area contributed by atoms with Crippen molar-refractivity contribution in [1.82, 2.24) is 0 Å². The van der Waals surface area contributed by atoms with Crippen molar-refractivity contribution in [2.75, 3.05) is 31.0 Å². The van der Waals surface area contributed by atoms with Gasteiger partial charge in [-0.15, -0.1) is 0 Å². The molecule has 0 fully saturated rings. The molecule has 138 valence electrons. The average molecular weight is 377 g/mol. The minimum Gasteiger partial charge on any atom is -0.497 e. The van der Waals surface area contributed by atoms with Crippen LogP contribution >= 0.6 is 11.6 Å². The highest BCUT2D eigenvalue weighted by Gasteiger charge is 2.15. The molecule has 7 heteroatoms. The standard InChI is InChI=1S/C19H21ClN2O4/c1-13(23)22(15-6-4-14(20)5-7-15)11-10-19(24)21-17-12-16(25-2)8-9-18(17)26-3/h4-9,12H,10-11H2,1-3H3,(H,21,24). The quantitative estimate of drug-likeness (QED) is 0.799. The molecule has 0 atom stereocenters. The average Bonchev–Trinajstić information content (AvgIpc) is 2.63. The smallest absolute Gasteiger partial charge is 0.226 e. The van der Waals surface area contributed by atoms with Crippen LogP contribution in [-0.4, -0.2) is 32.6 Å². The van der Waals surface area contributed by atoms with Crippen molar-refractivity contribution in [2.24, 2.45) is 0 Å². The van der Waals surface area contributed by atoms with Crippen LogP contribution < -0.4 is 19.7 Å². The number of carbonyl (C=O) groups is 2. The van der Waals surface area contributed by atoms with Gasteiger partial charge < -0.3 is 19.7 Å². The van der Waals surface area contributed by atoms with Gasteiger partial charge in [0.25, 0.3) is 0 Å². The first kappa shape index (κ1) is 19.6. The van der Waals surface area contributed by atoms with Crippen LogP contribution in [-0.2, 0) is 9.59 Å². The minimum atomic E-state index is -0.239. The first-order valence-electron chi connectivity index (χ1n) is 8.00. The minimum absolute atomic E-state index is 0.128. The molecule has 0 aliphatic rings. The number of rotatable bonds is 7. The molecule has 1 N–H and O–H groups in total. The van der Waals surface area contributed by atoms with Gasteiger partial charge in [-0.2, -0.15) is 0 Å². The molecule has 2 amide bonds. The van der Waals surface area contributed by atoms with E-state index in [4.69, 9.17) is 21.1 Å². The van der Waals surface area contributed by atoms with Crippen molar-refractivity contribution in [2.45, 2.75) is 13.3 Å². The number of hydrogen-bond donors (Lipinski definition) is 1. The van der Waals surface area contributed by atoms with Crippen molar-refractivity contribution >= 4 is 34.8 Å². The molecule has 0 heterocycles. The van der Waals surface area contributed by atoms with Crippen LogP contribution in [0.5, 0.6) is 11.5 Å². The van der Waals surface area contributed by atoms with Crippen molar-refractivity contribution in [1.29, 1.82) is 0 Å². The Morgan fingerprint density at radius 3 is 2.35 bits per heavy atom. The maximum Gasteiger partial charge on any atom is 0.226 e. The summed E-state index contributed by atoms with van der Waals surface area (Å²) >= 11 is 5.88. The van der Waals surface area contributed by atoms with Gasteiger partial charge in [-0.1, -0.05) is 11.6 Å². The van der Waals surface area contributed by atoms with Crippen molar-refractivity contribution in [3.63, 3.8) is 0 Å². The molecule has 0 saturated heterocycles. The molecule has 0 bridgehead atoms. The van der Waals surface area contributed by atoms with Gasteiger partial charge >= 0.3 is 0 Å². The highest BCUT2D eigenvalue weighted by molar-refractivity contribution is 6.30. The summed E-state index contributed by atoms with van der Waals surface area (Å²) in [7, 11) is 3.07. The first-order valence-corrected chi connectivity index (χ1v) is 8.38. The molecule has 0 spiro atoms. The Morgan fingerprint density at radius 2 is 1.77 bits per heavy atom. The Labute approximate surface area is 157 Å². The second kappa shape index (κ2) is 9.10. The van der Waals surface area contributed by atoms with E-state index in [0.29, 0.717) is 27.9 Å². The van der Waals surface area contributed by atoms with E-state index in [9.17, 15) is 9.59 Å². The Balaban J connectivity index is 2.05. The molecule has 0 radical (unpaired) electrons. The fourth-order valence-corrected chi connectivity index (χ4v) is 2.55. The fraction of sp³-hybridized carbons (Fsp3) is 0.263. The summed E-state index contributed by atoms with van der Waals surface area (Å²) < 4.78 is 10.4. The van der Waals surface area contributed by atoms with Crippen LogP contribution in [0.25, 0.3) is 0 Å². The van der Waals surface area contributed by atoms with Gasteiger partial charge in [-0.05, 0) is 36.4 Å². The van der Waals surface area contributed by atoms with E-state index in [1.807, 2.05) is 0 Å². The first-order chi connectivity index (χ1) is 12.4. The summed E-state index contributed by atoms with van der Waals surface area (Å²) in [4.78, 5) is 25.8. The van der Waals surface area contributed by atoms with Crippen LogP contribution in [0.4, 0.5) is 11.4 Å². The summed E-state index contributed by atoms with van der Waals surface area (Å²) in [5, 5.41) is 3.37. The van der Waals surface area contributed by atoms with Gasteiger partial charge in [0.15, 0.2) is 0 Å². The third-order valence-electron chi connectivity index (χ3n) is 3.76. The molecule has 0 unspecified atom stereocenters. The second-order valence-electron chi connectivity index (χ2n) is 5.51. The Bertz CT molecular complexity index is 778. The molecule has 2 aromatic carbocycles. The highest BCUT2D eigenvalue weighted by atomic mass is 35.5. The topological polar surface area (TPSA) is 67.9 Å². The number of amides is 2. The van der Waals surface area contributed by atoms with Crippen LogP contribution in [0.2, 0.25) is 5.02 Å². The zero-order valence-electron chi connectivity index (χ0n) is 14.9. The number of benzene rings is 2. The third kappa shape index (κ3) is 5.13. The predicted molar refractivity (Wildman–Crippen MR) is 102 cm³/mol. The number of halogens is 1. The number of hydrogen-bond acceptors (Lipinski definition) is 4. The second-order valence-corrected chi connectivity index (χ2v) is 5.95. The molecule has 0 aliphatic heterocycles. The maximum atomic E-state index is 12.3. The monoisotopic (exact) mass is 376 g/mol. The zero-order chi connectivity index (χ0) is 19.1. The Hall–Kier alpha value is -2.73. The number of ether oxygens (including phenoxy) is 2. The molecular formula is C19H21ClN2O4. The van der Waals surface area contributed by atoms with E-state index in [1.165, 1.54) is 18.9 Å². The lowest BCUT2D eigenvalue weighted by Gasteiger charge is -2.21. The highest BCUT2D eigenvalue weighted by Crippen LogP contribution is 2.29. The lowest BCUT2D eigenvalue weighted by Crippen LogP contribution is -2.31. The number of nitrogens with zero attached hydrogens (tertiary/aromatic N) is 1. The van der Waals surface area contributed by atoms with E-state index in [2.05, 4.69) is 5.32 Å². The lowest BCUT2D eigenvalue weighted by molar-refractivity contribution is -0.117. The van der Waals surface area contributed by atoms with Gasteiger partial charge in [0.1, 0.15) is 11.5 Å². The van der Waals surface area contributed by atoms with Crippen LogP contribution in [0.1, 0.15) is 13.3 Å². The van der Waals surface area contributed by atoms with Gasteiger partial charge in [0.2, 0.25) is 11.8 Å². The van der Waals surface area contributed by atoms with Crippen LogP contribution in [0.15, 0.2) is 42.5 Å². The SMILES string of the molecule is COc1ccc(OC)c(NC(=O)CCN(C(C)=O)c2ccc(Cl)cc2)c1. The van der Waals surface area contributed by atoms with E-state index < -0.39 is 0 Å². The van der Waals surface area contributed by atoms with Gasteiger partial charge in [0, 0.05) is 36.7 Å². The molecular weight excluding hydrogens is 356 g/mol. The van der Waals surface area contributed by atoms with Crippen LogP contribution in [0.3, 0.4) is 0 Å². The van der Waals surface area contributed by atoms with Crippen molar-refractivity contribution in [3.8, 4) is 11.5 Å². The Kier molecular flexibility index (Phi) is 6.86. The van der Waals surface area contributed by atoms with Crippen LogP contribution in [0, 0.1) is 0 Å². The zero-order valence-corrected chi connectivity index (χ0v) is 15.7. The summed E-state index contributed by atoms with van der Waals surface area (Å²) in [5.74, 6) is 0.740. The number of anilines is 2. The fourth-order valence-electron chi connectivity index (χ4n) is 2.43. The van der Waals surface area contributed by atoms with Gasteiger partial charge in [0.05, 0.1) is 19.9 Å². The van der Waals surface area contributed by atoms with E-state index in [0.717, 1.165) is 0 Å². The normalized spacial score (nSPS) is 10.2. The maximum absolute atomic E-state index is 12.3. The molecule has 2 rings (SSSR count). The summed E-state index contributed by atoms with van der Waals surface area (Å²) in [5.41, 5.74) is 1.20. The van der Waals surface area contributed by atoms with Gasteiger partial charge in [-0.25, -0.2) is 0 Å². The molecule has 0 aromatic heterocycles.